The third-order valence-corrected chi connectivity index (χ3v) is 3.89. The zero-order valence-electron chi connectivity index (χ0n) is 9.43. The standard InChI is InChI=1S/C13H8BrClF3N/c14-8-3-6(1-2-9(8)15)13(19)7-4-11(17)12(18)5-10(7)16/h1-5,13H,19H2. The molecule has 19 heavy (non-hydrogen) atoms. The van der Waals surface area contributed by atoms with Crippen LogP contribution in [0.5, 0.6) is 0 Å². The van der Waals surface area contributed by atoms with Gasteiger partial charge in [-0.1, -0.05) is 17.7 Å². The highest BCUT2D eigenvalue weighted by atomic mass is 79.9. The second kappa shape index (κ2) is 5.53. The van der Waals surface area contributed by atoms with Crippen molar-refractivity contribution in [1.82, 2.24) is 0 Å². The minimum Gasteiger partial charge on any atom is -0.320 e. The highest BCUT2D eigenvalue weighted by Crippen LogP contribution is 2.29. The summed E-state index contributed by atoms with van der Waals surface area (Å²) in [4.78, 5) is 0. The molecule has 2 aromatic rings. The largest absolute Gasteiger partial charge is 0.320 e. The Balaban J connectivity index is 2.46. The summed E-state index contributed by atoms with van der Waals surface area (Å²) in [5.41, 5.74) is 6.27. The normalized spacial score (nSPS) is 12.5. The average molecular weight is 351 g/mol. The Morgan fingerprint density at radius 1 is 1.00 bits per heavy atom. The molecule has 0 bridgehead atoms. The van der Waals surface area contributed by atoms with Crippen LogP contribution in [-0.4, -0.2) is 0 Å². The Morgan fingerprint density at radius 3 is 2.26 bits per heavy atom. The van der Waals surface area contributed by atoms with Crippen LogP contribution in [-0.2, 0) is 0 Å². The molecule has 0 saturated carbocycles. The third-order valence-electron chi connectivity index (χ3n) is 2.68. The van der Waals surface area contributed by atoms with E-state index in [0.29, 0.717) is 21.1 Å². The molecular formula is C13H8BrClF3N. The van der Waals surface area contributed by atoms with Gasteiger partial charge in [0.2, 0.25) is 0 Å². The molecule has 1 atom stereocenters. The maximum absolute atomic E-state index is 13.6. The van der Waals surface area contributed by atoms with E-state index in [1.807, 2.05) is 0 Å². The fourth-order valence-electron chi connectivity index (χ4n) is 1.66. The number of halogens is 5. The number of hydrogen-bond donors (Lipinski definition) is 1. The van der Waals surface area contributed by atoms with Gasteiger partial charge in [0, 0.05) is 16.1 Å². The molecule has 1 nitrogen and oxygen atoms in total. The van der Waals surface area contributed by atoms with Crippen LogP contribution in [0.1, 0.15) is 17.2 Å². The van der Waals surface area contributed by atoms with Gasteiger partial charge in [0.1, 0.15) is 5.82 Å². The van der Waals surface area contributed by atoms with Gasteiger partial charge in [-0.05, 0) is 39.7 Å². The Bertz CT molecular complexity index is 634. The second-order valence-electron chi connectivity index (χ2n) is 3.94. The van der Waals surface area contributed by atoms with Gasteiger partial charge in [-0.2, -0.15) is 0 Å². The lowest BCUT2D eigenvalue weighted by Crippen LogP contribution is -2.14. The Labute approximate surface area is 121 Å². The minimum absolute atomic E-state index is 0.117. The van der Waals surface area contributed by atoms with Crippen LogP contribution in [0, 0.1) is 17.5 Å². The molecular weight excluding hydrogens is 343 g/mol. The van der Waals surface area contributed by atoms with E-state index in [1.54, 1.807) is 18.2 Å². The molecule has 0 amide bonds. The van der Waals surface area contributed by atoms with Crippen LogP contribution >= 0.6 is 27.5 Å². The van der Waals surface area contributed by atoms with E-state index in [4.69, 9.17) is 17.3 Å². The molecule has 1 unspecified atom stereocenters. The first-order chi connectivity index (χ1) is 8.90. The van der Waals surface area contributed by atoms with Gasteiger partial charge in [0.05, 0.1) is 11.1 Å². The summed E-state index contributed by atoms with van der Waals surface area (Å²) in [6.45, 7) is 0. The smallest absolute Gasteiger partial charge is 0.161 e. The summed E-state index contributed by atoms with van der Waals surface area (Å²) in [7, 11) is 0. The monoisotopic (exact) mass is 349 g/mol. The first kappa shape index (κ1) is 14.4. The fraction of sp³-hybridized carbons (Fsp3) is 0.0769. The Hall–Kier alpha value is -1.04. The van der Waals surface area contributed by atoms with Gasteiger partial charge in [-0.3, -0.25) is 0 Å². The van der Waals surface area contributed by atoms with Crippen molar-refractivity contribution < 1.29 is 13.2 Å². The predicted molar refractivity (Wildman–Crippen MR) is 71.5 cm³/mol. The van der Waals surface area contributed by atoms with E-state index in [2.05, 4.69) is 15.9 Å². The molecule has 0 radical (unpaired) electrons. The van der Waals surface area contributed by atoms with E-state index in [0.717, 1.165) is 6.07 Å². The van der Waals surface area contributed by atoms with Crippen molar-refractivity contribution in [3.05, 3.63) is 68.4 Å². The number of benzene rings is 2. The molecule has 0 saturated heterocycles. The maximum Gasteiger partial charge on any atom is 0.161 e. The number of hydrogen-bond acceptors (Lipinski definition) is 1. The lowest BCUT2D eigenvalue weighted by molar-refractivity contribution is 0.487. The summed E-state index contributed by atoms with van der Waals surface area (Å²) in [6.07, 6.45) is 0. The number of nitrogens with two attached hydrogens (primary N) is 1. The molecule has 0 aromatic heterocycles. The molecule has 6 heteroatoms. The van der Waals surface area contributed by atoms with Crippen molar-refractivity contribution in [3.63, 3.8) is 0 Å². The van der Waals surface area contributed by atoms with Gasteiger partial charge in [-0.15, -0.1) is 0 Å². The van der Waals surface area contributed by atoms with Crippen molar-refractivity contribution in [2.45, 2.75) is 6.04 Å². The summed E-state index contributed by atoms with van der Waals surface area (Å²) in [5, 5.41) is 0.474. The van der Waals surface area contributed by atoms with E-state index < -0.39 is 23.5 Å². The van der Waals surface area contributed by atoms with Crippen molar-refractivity contribution in [2.24, 2.45) is 5.73 Å². The second-order valence-corrected chi connectivity index (χ2v) is 5.20. The van der Waals surface area contributed by atoms with E-state index in [9.17, 15) is 13.2 Å². The molecule has 0 spiro atoms. The fourth-order valence-corrected chi connectivity index (χ4v) is 2.18. The minimum atomic E-state index is -1.24. The maximum atomic E-state index is 13.6. The summed E-state index contributed by atoms with van der Waals surface area (Å²) in [6, 6.07) is 5.11. The quantitative estimate of drug-likeness (QED) is 0.789. The van der Waals surface area contributed by atoms with Crippen LogP contribution in [0.2, 0.25) is 5.02 Å². The molecule has 2 rings (SSSR count). The van der Waals surface area contributed by atoms with Gasteiger partial charge in [0.15, 0.2) is 11.6 Å². The molecule has 2 N–H and O–H groups in total. The first-order valence-electron chi connectivity index (χ1n) is 5.25. The molecule has 0 aliphatic carbocycles. The SMILES string of the molecule is NC(c1ccc(Cl)c(Br)c1)c1cc(F)c(F)cc1F. The van der Waals surface area contributed by atoms with Gasteiger partial charge in [-0.25, -0.2) is 13.2 Å². The van der Waals surface area contributed by atoms with Crippen LogP contribution < -0.4 is 5.73 Å². The Morgan fingerprint density at radius 2 is 1.63 bits per heavy atom. The lowest BCUT2D eigenvalue weighted by Gasteiger charge is -2.14. The topological polar surface area (TPSA) is 26.0 Å². The molecule has 0 fully saturated rings. The van der Waals surface area contributed by atoms with Crippen molar-refractivity contribution >= 4 is 27.5 Å². The van der Waals surface area contributed by atoms with E-state index in [-0.39, 0.29) is 5.56 Å². The number of rotatable bonds is 2. The third kappa shape index (κ3) is 2.94. The summed E-state index contributed by atoms with van der Waals surface area (Å²) in [5.74, 6) is -3.27. The van der Waals surface area contributed by atoms with Crippen molar-refractivity contribution in [3.8, 4) is 0 Å². The van der Waals surface area contributed by atoms with E-state index in [1.165, 1.54) is 0 Å². The molecule has 0 heterocycles. The summed E-state index contributed by atoms with van der Waals surface area (Å²) >= 11 is 9.05. The Kier molecular flexibility index (Phi) is 4.18. The van der Waals surface area contributed by atoms with Crippen LogP contribution in [0.3, 0.4) is 0 Å². The van der Waals surface area contributed by atoms with Crippen LogP contribution in [0.4, 0.5) is 13.2 Å². The van der Waals surface area contributed by atoms with Gasteiger partial charge in [0.25, 0.3) is 0 Å². The highest BCUT2D eigenvalue weighted by molar-refractivity contribution is 9.10. The first-order valence-corrected chi connectivity index (χ1v) is 6.42. The predicted octanol–water partition coefficient (Wildman–Crippen LogP) is 4.57. The molecule has 0 aliphatic rings. The highest BCUT2D eigenvalue weighted by Gasteiger charge is 2.18. The van der Waals surface area contributed by atoms with E-state index >= 15 is 0 Å². The van der Waals surface area contributed by atoms with Crippen molar-refractivity contribution in [2.75, 3.05) is 0 Å². The zero-order chi connectivity index (χ0) is 14.2. The zero-order valence-corrected chi connectivity index (χ0v) is 11.8. The van der Waals surface area contributed by atoms with Crippen molar-refractivity contribution in [1.29, 1.82) is 0 Å². The lowest BCUT2D eigenvalue weighted by atomic mass is 9.99. The molecule has 0 aliphatic heterocycles. The van der Waals surface area contributed by atoms with Crippen LogP contribution in [0.25, 0.3) is 0 Å². The van der Waals surface area contributed by atoms with Gasteiger partial charge < -0.3 is 5.73 Å². The molecule has 100 valence electrons. The summed E-state index contributed by atoms with van der Waals surface area (Å²) < 4.78 is 40.2. The van der Waals surface area contributed by atoms with Gasteiger partial charge >= 0.3 is 0 Å². The average Bonchev–Trinajstić information content (AvgIpc) is 2.36. The molecule has 2 aromatic carbocycles. The van der Waals surface area contributed by atoms with Crippen LogP contribution in [0.15, 0.2) is 34.8 Å².